The Balaban J connectivity index is 1.67. The van der Waals surface area contributed by atoms with E-state index in [9.17, 15) is 15.0 Å². The zero-order valence-corrected chi connectivity index (χ0v) is 18.0. The first-order valence-corrected chi connectivity index (χ1v) is 10.5. The number of carbonyl (C=O) groups is 1. The number of nitrogen functional groups attached to an aromatic ring is 1. The second kappa shape index (κ2) is 8.41. The van der Waals surface area contributed by atoms with Gasteiger partial charge in [0.25, 0.3) is 0 Å². The summed E-state index contributed by atoms with van der Waals surface area (Å²) in [4.78, 5) is 23.3. The molecule has 3 aromatic rings. The molecule has 0 unspecified atom stereocenters. The van der Waals surface area contributed by atoms with Gasteiger partial charge >= 0.3 is 0 Å². The number of aliphatic hydroxyl groups excluding tert-OH is 1. The van der Waals surface area contributed by atoms with Gasteiger partial charge in [-0.05, 0) is 31.9 Å². The molecule has 4 N–H and O–H groups in total. The molecule has 1 aliphatic heterocycles. The van der Waals surface area contributed by atoms with Crippen LogP contribution in [0.2, 0.25) is 0 Å². The molecular weight excluding hydrogens is 398 g/mol. The first-order chi connectivity index (χ1) is 14.8. The van der Waals surface area contributed by atoms with Gasteiger partial charge in [0.2, 0.25) is 5.91 Å². The largest absolute Gasteiger partial charge is 0.389 e. The Hall–Kier alpha value is -2.75. The number of imidazole rings is 1. The second-order valence-electron chi connectivity index (χ2n) is 8.62. The van der Waals surface area contributed by atoms with Crippen molar-refractivity contribution in [2.45, 2.75) is 45.4 Å². The van der Waals surface area contributed by atoms with Crippen LogP contribution in [-0.2, 0) is 29.1 Å². The quantitative estimate of drug-likeness (QED) is 0.540. The minimum absolute atomic E-state index is 0.127. The fraction of sp³-hybridized carbons (Fsp3) is 0.500. The number of rotatable bonds is 6. The van der Waals surface area contributed by atoms with Crippen molar-refractivity contribution in [3.8, 4) is 0 Å². The molecule has 3 heterocycles. The van der Waals surface area contributed by atoms with Crippen molar-refractivity contribution >= 4 is 33.7 Å². The van der Waals surface area contributed by atoms with E-state index in [1.54, 1.807) is 18.4 Å². The van der Waals surface area contributed by atoms with Crippen LogP contribution in [0.5, 0.6) is 0 Å². The number of hydrogen-bond donors (Lipinski definition) is 3. The Kier molecular flexibility index (Phi) is 5.83. The number of aromatic nitrogens is 3. The highest BCUT2D eigenvalue weighted by molar-refractivity contribution is 6.06. The summed E-state index contributed by atoms with van der Waals surface area (Å²) in [6, 6.07) is 5.87. The van der Waals surface area contributed by atoms with Crippen LogP contribution in [0.3, 0.4) is 0 Å². The van der Waals surface area contributed by atoms with Gasteiger partial charge in [0, 0.05) is 24.9 Å². The van der Waals surface area contributed by atoms with E-state index in [2.05, 4.69) is 9.97 Å². The highest BCUT2D eigenvalue weighted by Crippen LogP contribution is 2.30. The van der Waals surface area contributed by atoms with E-state index < -0.39 is 5.60 Å². The number of aliphatic hydroxyl groups is 2. The third-order valence-corrected chi connectivity index (χ3v) is 5.53. The molecule has 1 saturated heterocycles. The third kappa shape index (κ3) is 4.48. The van der Waals surface area contributed by atoms with Crippen LogP contribution in [0.25, 0.3) is 21.9 Å². The molecule has 1 aliphatic rings. The van der Waals surface area contributed by atoms with Gasteiger partial charge in [-0.3, -0.25) is 4.79 Å². The molecular formula is C22H29N5O4. The lowest BCUT2D eigenvalue weighted by molar-refractivity contribution is -0.135. The maximum absolute atomic E-state index is 12.5. The standard InChI is InChI=1S/C22H29N5O4/c1-22(2,30)13-27-17(12-28)25-19-20(27)15-5-3-14(11-16(15)24-21(19)23)4-6-18(29)26-7-9-31-10-8-26/h3,5,11,28,30H,4,6-10,12-13H2,1-2H3,(H2,23,24). The molecule has 9 heteroatoms. The number of benzene rings is 1. The van der Waals surface area contributed by atoms with Gasteiger partial charge in [-0.25, -0.2) is 9.97 Å². The van der Waals surface area contributed by atoms with Crippen LogP contribution in [0.4, 0.5) is 5.82 Å². The van der Waals surface area contributed by atoms with Crippen molar-refractivity contribution in [3.05, 3.63) is 29.6 Å². The number of fused-ring (bicyclic) bond motifs is 3. The Morgan fingerprint density at radius 3 is 2.68 bits per heavy atom. The Morgan fingerprint density at radius 1 is 1.26 bits per heavy atom. The zero-order chi connectivity index (χ0) is 22.2. The summed E-state index contributed by atoms with van der Waals surface area (Å²) in [5, 5.41) is 21.0. The monoisotopic (exact) mass is 427 g/mol. The molecule has 0 aliphatic carbocycles. The molecule has 0 spiro atoms. The van der Waals surface area contributed by atoms with Crippen molar-refractivity contribution in [2.75, 3.05) is 32.0 Å². The number of hydrogen-bond acceptors (Lipinski definition) is 7. The van der Waals surface area contributed by atoms with Crippen LogP contribution in [0.1, 0.15) is 31.7 Å². The van der Waals surface area contributed by atoms with E-state index in [0.717, 1.165) is 16.5 Å². The number of aryl methyl sites for hydroxylation is 1. The predicted octanol–water partition coefficient (Wildman–Crippen LogP) is 1.22. The number of morpholine rings is 1. The van der Waals surface area contributed by atoms with Crippen molar-refractivity contribution in [2.24, 2.45) is 0 Å². The predicted molar refractivity (Wildman–Crippen MR) is 117 cm³/mol. The first-order valence-electron chi connectivity index (χ1n) is 10.5. The number of amides is 1. The molecule has 0 bridgehead atoms. The van der Waals surface area contributed by atoms with Crippen LogP contribution in [-0.4, -0.2) is 67.5 Å². The summed E-state index contributed by atoms with van der Waals surface area (Å²) in [6.07, 6.45) is 1.03. The van der Waals surface area contributed by atoms with E-state index in [1.807, 2.05) is 23.1 Å². The van der Waals surface area contributed by atoms with Crippen LogP contribution in [0, 0.1) is 0 Å². The van der Waals surface area contributed by atoms with E-state index >= 15 is 0 Å². The number of pyridine rings is 1. The number of nitrogens with zero attached hydrogens (tertiary/aromatic N) is 4. The second-order valence-corrected chi connectivity index (χ2v) is 8.62. The van der Waals surface area contributed by atoms with Crippen LogP contribution >= 0.6 is 0 Å². The van der Waals surface area contributed by atoms with Crippen LogP contribution < -0.4 is 5.73 Å². The fourth-order valence-electron chi connectivity index (χ4n) is 4.06. The lowest BCUT2D eigenvalue weighted by Gasteiger charge is -2.26. The van der Waals surface area contributed by atoms with Gasteiger partial charge in [-0.15, -0.1) is 0 Å². The summed E-state index contributed by atoms with van der Waals surface area (Å²) in [5.41, 5.74) is 8.13. The lowest BCUT2D eigenvalue weighted by Crippen LogP contribution is -2.40. The number of carbonyl (C=O) groups excluding carboxylic acids is 1. The Labute approximate surface area is 180 Å². The van der Waals surface area contributed by atoms with Gasteiger partial charge in [-0.2, -0.15) is 0 Å². The molecule has 0 atom stereocenters. The fourth-order valence-corrected chi connectivity index (χ4v) is 4.06. The summed E-state index contributed by atoms with van der Waals surface area (Å²) < 4.78 is 7.11. The molecule has 1 aromatic carbocycles. The molecule has 0 saturated carbocycles. The van der Waals surface area contributed by atoms with Gasteiger partial charge in [-0.1, -0.05) is 12.1 Å². The highest BCUT2D eigenvalue weighted by atomic mass is 16.5. The number of anilines is 1. The SMILES string of the molecule is CC(C)(O)Cn1c(CO)nc2c(N)nc3cc(CCC(=O)N4CCOCC4)ccc3c21. The van der Waals surface area contributed by atoms with Crippen molar-refractivity contribution in [3.63, 3.8) is 0 Å². The van der Waals surface area contributed by atoms with E-state index in [1.165, 1.54) is 0 Å². The van der Waals surface area contributed by atoms with Gasteiger partial charge in [0.05, 0.1) is 36.4 Å². The average molecular weight is 428 g/mol. The molecule has 1 fully saturated rings. The maximum atomic E-state index is 12.5. The highest BCUT2D eigenvalue weighted by Gasteiger charge is 2.22. The Bertz CT molecular complexity index is 1110. The zero-order valence-electron chi connectivity index (χ0n) is 18.0. The van der Waals surface area contributed by atoms with Crippen molar-refractivity contribution in [1.29, 1.82) is 0 Å². The average Bonchev–Trinajstić information content (AvgIpc) is 3.10. The molecule has 166 valence electrons. The minimum atomic E-state index is -0.998. The minimum Gasteiger partial charge on any atom is -0.389 e. The molecule has 1 amide bonds. The summed E-state index contributed by atoms with van der Waals surface area (Å²) in [7, 11) is 0. The normalized spacial score (nSPS) is 15.2. The third-order valence-electron chi connectivity index (χ3n) is 5.53. The van der Waals surface area contributed by atoms with Gasteiger partial charge in [0.1, 0.15) is 17.9 Å². The smallest absolute Gasteiger partial charge is 0.223 e. The molecule has 0 radical (unpaired) electrons. The first kappa shape index (κ1) is 21.5. The molecule has 2 aromatic heterocycles. The van der Waals surface area contributed by atoms with E-state index in [0.29, 0.717) is 56.0 Å². The molecule has 4 rings (SSSR count). The number of nitrogens with two attached hydrogens (primary N) is 1. The van der Waals surface area contributed by atoms with Crippen molar-refractivity contribution in [1.82, 2.24) is 19.4 Å². The van der Waals surface area contributed by atoms with Crippen molar-refractivity contribution < 1.29 is 19.7 Å². The van der Waals surface area contributed by atoms with E-state index in [-0.39, 0.29) is 24.9 Å². The summed E-state index contributed by atoms with van der Waals surface area (Å²) in [6.45, 7) is 5.87. The summed E-state index contributed by atoms with van der Waals surface area (Å²) in [5.74, 6) is 0.828. The van der Waals surface area contributed by atoms with Gasteiger partial charge < -0.3 is 30.2 Å². The molecule has 9 nitrogen and oxygen atoms in total. The Morgan fingerprint density at radius 2 is 2.00 bits per heavy atom. The lowest BCUT2D eigenvalue weighted by atomic mass is 10.0. The number of ether oxygens (including phenoxy) is 1. The topological polar surface area (TPSA) is 127 Å². The maximum Gasteiger partial charge on any atom is 0.223 e. The van der Waals surface area contributed by atoms with Gasteiger partial charge in [0.15, 0.2) is 5.82 Å². The van der Waals surface area contributed by atoms with E-state index in [4.69, 9.17) is 10.5 Å². The van der Waals surface area contributed by atoms with Crippen LogP contribution in [0.15, 0.2) is 18.2 Å². The summed E-state index contributed by atoms with van der Waals surface area (Å²) >= 11 is 0. The molecule has 31 heavy (non-hydrogen) atoms.